The zero-order valence-electron chi connectivity index (χ0n) is 11.4. The van der Waals surface area contributed by atoms with Gasteiger partial charge in [0.2, 0.25) is 0 Å². The van der Waals surface area contributed by atoms with E-state index in [9.17, 15) is 5.11 Å². The zero-order valence-corrected chi connectivity index (χ0v) is 11.4. The number of aryl methyl sites for hydroxylation is 1. The summed E-state index contributed by atoms with van der Waals surface area (Å²) in [6.07, 6.45) is 0.952. The molecule has 19 heavy (non-hydrogen) atoms. The van der Waals surface area contributed by atoms with Crippen LogP contribution < -0.4 is 4.74 Å². The van der Waals surface area contributed by atoms with Gasteiger partial charge in [-0.15, -0.1) is 0 Å². The van der Waals surface area contributed by atoms with E-state index in [1.54, 1.807) is 6.26 Å². The quantitative estimate of drug-likeness (QED) is 0.898. The van der Waals surface area contributed by atoms with Gasteiger partial charge in [0, 0.05) is 16.5 Å². The number of hydrogen-bond donors (Lipinski definition) is 1. The molecule has 1 unspecified atom stereocenters. The van der Waals surface area contributed by atoms with E-state index in [0.717, 1.165) is 28.2 Å². The Labute approximate surface area is 112 Å². The third-order valence-electron chi connectivity index (χ3n) is 3.70. The molecule has 1 N–H and O–H groups in total. The van der Waals surface area contributed by atoms with E-state index < -0.39 is 6.10 Å². The highest BCUT2D eigenvalue weighted by Crippen LogP contribution is 2.40. The lowest BCUT2D eigenvalue weighted by Crippen LogP contribution is -2.18. The van der Waals surface area contributed by atoms with Gasteiger partial charge in [0.15, 0.2) is 0 Å². The maximum atomic E-state index is 10.4. The van der Waals surface area contributed by atoms with E-state index in [4.69, 9.17) is 9.15 Å². The van der Waals surface area contributed by atoms with Crippen LogP contribution in [0.4, 0.5) is 0 Å². The van der Waals surface area contributed by atoms with E-state index in [-0.39, 0.29) is 5.41 Å². The second-order valence-corrected chi connectivity index (χ2v) is 5.82. The molecule has 1 aromatic heterocycles. The molecule has 1 atom stereocenters. The van der Waals surface area contributed by atoms with Crippen LogP contribution in [0.15, 0.2) is 34.9 Å². The van der Waals surface area contributed by atoms with Crippen LogP contribution in [-0.2, 0) is 5.41 Å². The Balaban J connectivity index is 1.99. The SMILES string of the molecule is Cc1cc(C(O)c2ccc3c(c2)C(C)(C)CO3)co1. The summed E-state index contributed by atoms with van der Waals surface area (Å²) >= 11 is 0. The summed E-state index contributed by atoms with van der Waals surface area (Å²) in [5, 5.41) is 10.4. The van der Waals surface area contributed by atoms with Gasteiger partial charge in [-0.1, -0.05) is 19.9 Å². The van der Waals surface area contributed by atoms with Crippen LogP contribution in [0.25, 0.3) is 0 Å². The Kier molecular flexibility index (Phi) is 2.68. The van der Waals surface area contributed by atoms with Gasteiger partial charge < -0.3 is 14.3 Å². The van der Waals surface area contributed by atoms with Gasteiger partial charge in [0.05, 0.1) is 12.9 Å². The van der Waals surface area contributed by atoms with Gasteiger partial charge in [-0.25, -0.2) is 0 Å². The van der Waals surface area contributed by atoms with Gasteiger partial charge in [-0.3, -0.25) is 0 Å². The van der Waals surface area contributed by atoms with Crippen molar-refractivity contribution in [2.75, 3.05) is 6.61 Å². The third kappa shape index (κ3) is 2.04. The van der Waals surface area contributed by atoms with Crippen molar-refractivity contribution in [3.63, 3.8) is 0 Å². The Morgan fingerprint density at radius 1 is 1.21 bits per heavy atom. The van der Waals surface area contributed by atoms with Crippen LogP contribution in [0.2, 0.25) is 0 Å². The lowest BCUT2D eigenvalue weighted by molar-refractivity contribution is 0.219. The second-order valence-electron chi connectivity index (χ2n) is 5.82. The van der Waals surface area contributed by atoms with Crippen molar-refractivity contribution in [1.29, 1.82) is 0 Å². The number of rotatable bonds is 2. The van der Waals surface area contributed by atoms with E-state index in [1.807, 2.05) is 31.2 Å². The first-order valence-electron chi connectivity index (χ1n) is 6.48. The number of hydrogen-bond acceptors (Lipinski definition) is 3. The molecule has 0 amide bonds. The van der Waals surface area contributed by atoms with E-state index in [0.29, 0.717) is 6.61 Å². The van der Waals surface area contributed by atoms with Crippen LogP contribution in [-0.4, -0.2) is 11.7 Å². The smallest absolute Gasteiger partial charge is 0.123 e. The largest absolute Gasteiger partial charge is 0.492 e. The molecule has 1 aromatic carbocycles. The lowest BCUT2D eigenvalue weighted by atomic mass is 9.85. The number of aliphatic hydroxyl groups excluding tert-OH is 1. The highest BCUT2D eigenvalue weighted by Gasteiger charge is 2.32. The van der Waals surface area contributed by atoms with Crippen molar-refractivity contribution < 1.29 is 14.3 Å². The first kappa shape index (κ1) is 12.3. The van der Waals surface area contributed by atoms with Crippen molar-refractivity contribution in [2.45, 2.75) is 32.3 Å². The average molecular weight is 258 g/mol. The van der Waals surface area contributed by atoms with E-state index in [1.165, 1.54) is 0 Å². The molecule has 0 radical (unpaired) electrons. The van der Waals surface area contributed by atoms with Crippen LogP contribution >= 0.6 is 0 Å². The maximum absolute atomic E-state index is 10.4. The number of benzene rings is 1. The van der Waals surface area contributed by atoms with Crippen LogP contribution in [0.5, 0.6) is 5.75 Å². The minimum Gasteiger partial charge on any atom is -0.492 e. The van der Waals surface area contributed by atoms with E-state index >= 15 is 0 Å². The maximum Gasteiger partial charge on any atom is 0.123 e. The van der Waals surface area contributed by atoms with Crippen LogP contribution in [0.1, 0.15) is 42.4 Å². The molecule has 0 aliphatic carbocycles. The highest BCUT2D eigenvalue weighted by atomic mass is 16.5. The van der Waals surface area contributed by atoms with Crippen molar-refractivity contribution in [3.05, 3.63) is 53.0 Å². The fourth-order valence-corrected chi connectivity index (χ4v) is 2.51. The molecule has 3 heteroatoms. The Bertz CT molecular complexity index is 610. The monoisotopic (exact) mass is 258 g/mol. The lowest BCUT2D eigenvalue weighted by Gasteiger charge is -2.17. The third-order valence-corrected chi connectivity index (χ3v) is 3.70. The fourth-order valence-electron chi connectivity index (χ4n) is 2.51. The van der Waals surface area contributed by atoms with Crippen molar-refractivity contribution in [2.24, 2.45) is 0 Å². The normalized spacial score (nSPS) is 17.9. The first-order chi connectivity index (χ1) is 8.97. The summed E-state index contributed by atoms with van der Waals surface area (Å²) in [4.78, 5) is 0. The topological polar surface area (TPSA) is 42.6 Å². The number of aliphatic hydroxyl groups is 1. The molecule has 2 aromatic rings. The number of ether oxygens (including phenoxy) is 1. The molecular formula is C16H18O3. The van der Waals surface area contributed by atoms with Gasteiger partial charge in [0.25, 0.3) is 0 Å². The van der Waals surface area contributed by atoms with E-state index in [2.05, 4.69) is 13.8 Å². The van der Waals surface area contributed by atoms with Crippen molar-refractivity contribution in [1.82, 2.24) is 0 Å². The molecule has 1 aliphatic heterocycles. The minimum atomic E-state index is -0.654. The molecule has 1 aliphatic rings. The Morgan fingerprint density at radius 2 is 2.00 bits per heavy atom. The summed E-state index contributed by atoms with van der Waals surface area (Å²) in [6, 6.07) is 7.75. The first-order valence-corrected chi connectivity index (χ1v) is 6.48. The highest BCUT2D eigenvalue weighted by molar-refractivity contribution is 5.46. The molecule has 3 rings (SSSR count). The molecule has 0 saturated carbocycles. The van der Waals surface area contributed by atoms with Crippen LogP contribution in [0.3, 0.4) is 0 Å². The van der Waals surface area contributed by atoms with Crippen LogP contribution in [0, 0.1) is 6.92 Å². The summed E-state index contributed by atoms with van der Waals surface area (Å²) in [5.74, 6) is 1.73. The van der Waals surface area contributed by atoms with Crippen molar-refractivity contribution >= 4 is 0 Å². The minimum absolute atomic E-state index is 0.00260. The number of furan rings is 1. The Morgan fingerprint density at radius 3 is 2.68 bits per heavy atom. The molecule has 0 bridgehead atoms. The molecular weight excluding hydrogens is 240 g/mol. The molecule has 0 spiro atoms. The molecule has 3 nitrogen and oxygen atoms in total. The average Bonchev–Trinajstić information content (AvgIpc) is 2.93. The second kappa shape index (κ2) is 4.14. The fraction of sp³-hybridized carbons (Fsp3) is 0.375. The summed E-state index contributed by atoms with van der Waals surface area (Å²) in [7, 11) is 0. The summed E-state index contributed by atoms with van der Waals surface area (Å²) in [6.45, 7) is 6.86. The summed E-state index contributed by atoms with van der Waals surface area (Å²) in [5.41, 5.74) is 2.81. The molecule has 100 valence electrons. The molecule has 2 heterocycles. The number of fused-ring (bicyclic) bond motifs is 1. The predicted molar refractivity (Wildman–Crippen MR) is 72.5 cm³/mol. The molecule has 0 saturated heterocycles. The zero-order chi connectivity index (χ0) is 13.6. The molecule has 0 fully saturated rings. The Hall–Kier alpha value is -1.74. The van der Waals surface area contributed by atoms with Gasteiger partial charge >= 0.3 is 0 Å². The van der Waals surface area contributed by atoms with Crippen molar-refractivity contribution in [3.8, 4) is 5.75 Å². The van der Waals surface area contributed by atoms with Gasteiger partial charge in [-0.2, -0.15) is 0 Å². The summed E-state index contributed by atoms with van der Waals surface area (Å²) < 4.78 is 10.9. The predicted octanol–water partition coefficient (Wildman–Crippen LogP) is 3.34. The standard InChI is InChI=1S/C16H18O3/c1-10-6-12(8-18-10)15(17)11-4-5-14-13(7-11)16(2,3)9-19-14/h4-8,15,17H,9H2,1-3H3. The van der Waals surface area contributed by atoms with Gasteiger partial charge in [0.1, 0.15) is 17.6 Å². The van der Waals surface area contributed by atoms with Gasteiger partial charge in [-0.05, 0) is 30.7 Å².